The molecule has 1 aromatic carbocycles. The summed E-state index contributed by atoms with van der Waals surface area (Å²) >= 11 is 3.15. The Hall–Kier alpha value is -0.680. The van der Waals surface area contributed by atoms with Gasteiger partial charge < -0.3 is 10.1 Å². The number of nitrogens with one attached hydrogen (secondary N) is 1. The summed E-state index contributed by atoms with van der Waals surface area (Å²) in [4.78, 5) is 0. The zero-order chi connectivity index (χ0) is 14.2. The lowest BCUT2D eigenvalue weighted by Gasteiger charge is -2.53. The van der Waals surface area contributed by atoms with Gasteiger partial charge in [0, 0.05) is 22.4 Å². The van der Waals surface area contributed by atoms with Crippen LogP contribution in [0.5, 0.6) is 5.75 Å². The van der Waals surface area contributed by atoms with Crippen LogP contribution in [-0.4, -0.2) is 19.2 Å². The highest BCUT2D eigenvalue weighted by atomic mass is 79.9. The van der Waals surface area contributed by atoms with Crippen molar-refractivity contribution < 1.29 is 13.5 Å². The highest BCUT2D eigenvalue weighted by Gasteiger charge is 2.51. The molecule has 106 valence electrons. The SMILES string of the molecule is CCC1(C)C(NC)CC1Oc1cc(Br)cc(F)c1F. The Kier molecular flexibility index (Phi) is 4.16. The van der Waals surface area contributed by atoms with E-state index in [1.807, 2.05) is 7.05 Å². The van der Waals surface area contributed by atoms with E-state index >= 15 is 0 Å². The molecular weight excluding hydrogens is 316 g/mol. The van der Waals surface area contributed by atoms with Gasteiger partial charge in [0.25, 0.3) is 0 Å². The van der Waals surface area contributed by atoms with Gasteiger partial charge in [0.1, 0.15) is 6.10 Å². The smallest absolute Gasteiger partial charge is 0.200 e. The monoisotopic (exact) mass is 333 g/mol. The highest BCUT2D eigenvalue weighted by molar-refractivity contribution is 9.10. The van der Waals surface area contributed by atoms with E-state index < -0.39 is 11.6 Å². The fourth-order valence-electron chi connectivity index (χ4n) is 2.69. The zero-order valence-corrected chi connectivity index (χ0v) is 12.9. The molecule has 0 amide bonds. The molecule has 1 aromatic rings. The fraction of sp³-hybridized carbons (Fsp3) is 0.571. The third kappa shape index (κ3) is 2.50. The molecular formula is C14H18BrF2NO. The standard InChI is InChI=1S/C14H18BrF2NO/c1-4-14(2)11(18-3)7-12(14)19-10-6-8(15)5-9(16)13(10)17/h5-6,11-12,18H,4,7H2,1-3H3. The summed E-state index contributed by atoms with van der Waals surface area (Å²) in [6.07, 6.45) is 1.62. The topological polar surface area (TPSA) is 21.3 Å². The summed E-state index contributed by atoms with van der Waals surface area (Å²) in [5.74, 6) is -1.84. The van der Waals surface area contributed by atoms with Crippen molar-refractivity contribution in [1.82, 2.24) is 5.32 Å². The maximum Gasteiger partial charge on any atom is 0.200 e. The quantitative estimate of drug-likeness (QED) is 0.844. The molecule has 0 radical (unpaired) electrons. The van der Waals surface area contributed by atoms with Gasteiger partial charge in [-0.05, 0) is 25.6 Å². The highest BCUT2D eigenvalue weighted by Crippen LogP contribution is 2.46. The summed E-state index contributed by atoms with van der Waals surface area (Å²) in [5, 5.41) is 3.24. The first-order valence-electron chi connectivity index (χ1n) is 6.40. The maximum absolute atomic E-state index is 13.7. The van der Waals surface area contributed by atoms with E-state index in [0.717, 1.165) is 18.9 Å². The van der Waals surface area contributed by atoms with Crippen LogP contribution in [0.15, 0.2) is 16.6 Å². The average Bonchev–Trinajstić information content (AvgIpc) is 2.38. The van der Waals surface area contributed by atoms with Crippen LogP contribution in [0.1, 0.15) is 26.7 Å². The van der Waals surface area contributed by atoms with E-state index in [-0.39, 0.29) is 17.3 Å². The Morgan fingerprint density at radius 1 is 1.47 bits per heavy atom. The van der Waals surface area contributed by atoms with E-state index in [4.69, 9.17) is 4.74 Å². The van der Waals surface area contributed by atoms with Gasteiger partial charge in [-0.15, -0.1) is 0 Å². The average molecular weight is 334 g/mol. The molecule has 1 saturated carbocycles. The van der Waals surface area contributed by atoms with Crippen molar-refractivity contribution in [2.75, 3.05) is 7.05 Å². The van der Waals surface area contributed by atoms with Crippen LogP contribution in [-0.2, 0) is 0 Å². The van der Waals surface area contributed by atoms with E-state index in [1.165, 1.54) is 6.07 Å². The molecule has 2 nitrogen and oxygen atoms in total. The molecule has 3 atom stereocenters. The van der Waals surface area contributed by atoms with Crippen LogP contribution in [0.25, 0.3) is 0 Å². The molecule has 0 aromatic heterocycles. The molecule has 0 saturated heterocycles. The molecule has 5 heteroatoms. The summed E-state index contributed by atoms with van der Waals surface area (Å²) in [7, 11) is 1.91. The largest absolute Gasteiger partial charge is 0.487 e. The van der Waals surface area contributed by atoms with Crippen molar-refractivity contribution in [2.45, 2.75) is 38.8 Å². The van der Waals surface area contributed by atoms with Gasteiger partial charge in [0.15, 0.2) is 11.6 Å². The van der Waals surface area contributed by atoms with Gasteiger partial charge in [-0.25, -0.2) is 4.39 Å². The van der Waals surface area contributed by atoms with E-state index in [9.17, 15) is 8.78 Å². The first-order chi connectivity index (χ1) is 8.92. The molecule has 19 heavy (non-hydrogen) atoms. The molecule has 1 N–H and O–H groups in total. The Balaban J connectivity index is 2.19. The summed E-state index contributed by atoms with van der Waals surface area (Å²) < 4.78 is 33.2. The number of halogens is 3. The zero-order valence-electron chi connectivity index (χ0n) is 11.3. The van der Waals surface area contributed by atoms with Crippen LogP contribution in [0.4, 0.5) is 8.78 Å². The van der Waals surface area contributed by atoms with Crippen molar-refractivity contribution in [2.24, 2.45) is 5.41 Å². The van der Waals surface area contributed by atoms with Crippen LogP contribution in [0.3, 0.4) is 0 Å². The Labute approximate surface area is 120 Å². The van der Waals surface area contributed by atoms with Gasteiger partial charge in [-0.2, -0.15) is 4.39 Å². The van der Waals surface area contributed by atoms with E-state index in [1.54, 1.807) is 0 Å². The first-order valence-corrected chi connectivity index (χ1v) is 7.20. The predicted octanol–water partition coefficient (Wildman–Crippen LogP) is 3.88. The van der Waals surface area contributed by atoms with E-state index in [2.05, 4.69) is 35.1 Å². The second-order valence-electron chi connectivity index (χ2n) is 5.24. The predicted molar refractivity (Wildman–Crippen MR) is 74.3 cm³/mol. The summed E-state index contributed by atoms with van der Waals surface area (Å²) in [6.45, 7) is 4.19. The third-order valence-corrected chi connectivity index (χ3v) is 4.78. The molecule has 1 fully saturated rings. The minimum Gasteiger partial charge on any atom is -0.487 e. The molecule has 0 bridgehead atoms. The Bertz CT molecular complexity index is 483. The molecule has 3 unspecified atom stereocenters. The molecule has 1 aliphatic rings. The molecule has 0 spiro atoms. The van der Waals surface area contributed by atoms with Crippen LogP contribution < -0.4 is 10.1 Å². The number of hydrogen-bond acceptors (Lipinski definition) is 2. The lowest BCUT2D eigenvalue weighted by atomic mass is 9.61. The van der Waals surface area contributed by atoms with Crippen molar-refractivity contribution in [1.29, 1.82) is 0 Å². The second-order valence-corrected chi connectivity index (χ2v) is 6.16. The third-order valence-electron chi connectivity index (χ3n) is 4.32. The molecule has 0 heterocycles. The van der Waals surface area contributed by atoms with Crippen molar-refractivity contribution in [3.8, 4) is 5.75 Å². The normalized spacial score (nSPS) is 30.0. The van der Waals surface area contributed by atoms with Gasteiger partial charge in [0.05, 0.1) is 0 Å². The summed E-state index contributed by atoms with van der Waals surface area (Å²) in [6, 6.07) is 2.92. The van der Waals surface area contributed by atoms with Crippen molar-refractivity contribution >= 4 is 15.9 Å². The van der Waals surface area contributed by atoms with Crippen LogP contribution >= 0.6 is 15.9 Å². The van der Waals surface area contributed by atoms with Crippen molar-refractivity contribution in [3.63, 3.8) is 0 Å². The minimum absolute atomic E-state index is 0.0221. The Morgan fingerprint density at radius 3 is 2.74 bits per heavy atom. The first kappa shape index (κ1) is 14.7. The van der Waals surface area contributed by atoms with E-state index in [0.29, 0.717) is 10.5 Å². The van der Waals surface area contributed by atoms with Crippen LogP contribution in [0.2, 0.25) is 0 Å². The number of ether oxygens (including phenoxy) is 1. The van der Waals surface area contributed by atoms with Gasteiger partial charge in [-0.3, -0.25) is 0 Å². The Morgan fingerprint density at radius 2 is 2.16 bits per heavy atom. The number of hydrogen-bond donors (Lipinski definition) is 1. The second kappa shape index (κ2) is 5.37. The maximum atomic E-state index is 13.7. The minimum atomic E-state index is -0.922. The van der Waals surface area contributed by atoms with Gasteiger partial charge in [0.2, 0.25) is 5.82 Å². The fourth-order valence-corrected chi connectivity index (χ4v) is 3.10. The van der Waals surface area contributed by atoms with Gasteiger partial charge in [-0.1, -0.05) is 29.8 Å². The number of rotatable bonds is 4. The van der Waals surface area contributed by atoms with Crippen molar-refractivity contribution in [3.05, 3.63) is 28.2 Å². The lowest BCUT2D eigenvalue weighted by molar-refractivity contribution is -0.0695. The van der Waals surface area contributed by atoms with Crippen LogP contribution in [0, 0.1) is 17.0 Å². The summed E-state index contributed by atoms with van der Waals surface area (Å²) in [5.41, 5.74) is -0.0556. The molecule has 0 aliphatic heterocycles. The molecule has 1 aliphatic carbocycles. The number of benzene rings is 1. The van der Waals surface area contributed by atoms with Gasteiger partial charge >= 0.3 is 0 Å². The molecule has 2 rings (SSSR count). The lowest BCUT2D eigenvalue weighted by Crippen LogP contribution is -2.62.